The number of carbonyl (C=O) groups excluding carboxylic acids is 3. The monoisotopic (exact) mass is 326 g/mol. The Morgan fingerprint density at radius 3 is 2.48 bits per heavy atom. The molecule has 0 aromatic heterocycles. The predicted octanol–water partition coefficient (Wildman–Crippen LogP) is -0.551. The van der Waals surface area contributed by atoms with E-state index < -0.39 is 11.6 Å². The minimum atomic E-state index is -0.955. The summed E-state index contributed by atoms with van der Waals surface area (Å²) in [5, 5.41) is 8.70. The maximum atomic E-state index is 12.1. The number of nitrogens with zero attached hydrogens (tertiary/aromatic N) is 1. The standard InChI is InChI=1S/C15H26N4O4/c1-14(2)12(21)19(13(22)18-14)8-11(20)17-9-15(10-23-3)4-6-16-7-5-15/h16H,4-10H2,1-3H3,(H,17,20)(H,18,22). The van der Waals surface area contributed by atoms with Crippen LogP contribution in [0.1, 0.15) is 26.7 Å². The van der Waals surface area contributed by atoms with Gasteiger partial charge in [-0.25, -0.2) is 4.79 Å². The summed E-state index contributed by atoms with van der Waals surface area (Å²) in [4.78, 5) is 37.0. The van der Waals surface area contributed by atoms with Crippen LogP contribution < -0.4 is 16.0 Å². The average Bonchev–Trinajstić information content (AvgIpc) is 2.69. The van der Waals surface area contributed by atoms with Gasteiger partial charge in [0.15, 0.2) is 0 Å². The summed E-state index contributed by atoms with van der Waals surface area (Å²) >= 11 is 0. The van der Waals surface area contributed by atoms with Crippen molar-refractivity contribution in [3.05, 3.63) is 0 Å². The SMILES string of the molecule is COCC1(CNC(=O)CN2C(=O)NC(C)(C)C2=O)CCNCC1. The highest BCUT2D eigenvalue weighted by molar-refractivity contribution is 6.08. The third-order valence-corrected chi connectivity index (χ3v) is 4.52. The first-order valence-corrected chi connectivity index (χ1v) is 7.90. The summed E-state index contributed by atoms with van der Waals surface area (Å²) in [6, 6.07) is -0.524. The van der Waals surface area contributed by atoms with Crippen molar-refractivity contribution >= 4 is 17.8 Å². The average molecular weight is 326 g/mol. The summed E-state index contributed by atoms with van der Waals surface area (Å²) in [6.45, 7) is 5.82. The van der Waals surface area contributed by atoms with Crippen molar-refractivity contribution in [1.82, 2.24) is 20.9 Å². The Morgan fingerprint density at radius 2 is 1.96 bits per heavy atom. The highest BCUT2D eigenvalue weighted by atomic mass is 16.5. The van der Waals surface area contributed by atoms with Gasteiger partial charge in [0.25, 0.3) is 5.91 Å². The highest BCUT2D eigenvalue weighted by Crippen LogP contribution is 2.28. The molecular weight excluding hydrogens is 300 g/mol. The van der Waals surface area contributed by atoms with Crippen LogP contribution in [0, 0.1) is 5.41 Å². The minimum absolute atomic E-state index is 0.0911. The van der Waals surface area contributed by atoms with Crippen molar-refractivity contribution in [2.45, 2.75) is 32.2 Å². The number of piperidine rings is 1. The Hall–Kier alpha value is -1.67. The van der Waals surface area contributed by atoms with Crippen molar-refractivity contribution in [3.8, 4) is 0 Å². The number of carbonyl (C=O) groups is 3. The number of methoxy groups -OCH3 is 1. The van der Waals surface area contributed by atoms with Gasteiger partial charge < -0.3 is 20.7 Å². The molecule has 0 spiro atoms. The minimum Gasteiger partial charge on any atom is -0.384 e. The van der Waals surface area contributed by atoms with Crippen LogP contribution in [-0.2, 0) is 14.3 Å². The lowest BCUT2D eigenvalue weighted by molar-refractivity contribution is -0.134. The number of nitrogens with one attached hydrogen (secondary N) is 3. The zero-order valence-electron chi connectivity index (χ0n) is 14.0. The van der Waals surface area contributed by atoms with Crippen molar-refractivity contribution in [3.63, 3.8) is 0 Å². The van der Waals surface area contributed by atoms with Gasteiger partial charge in [-0.2, -0.15) is 0 Å². The molecule has 0 atom stereocenters. The van der Waals surface area contributed by atoms with E-state index in [1.54, 1.807) is 21.0 Å². The summed E-state index contributed by atoms with van der Waals surface area (Å²) in [6.07, 6.45) is 1.83. The topological polar surface area (TPSA) is 99.8 Å². The predicted molar refractivity (Wildman–Crippen MR) is 83.7 cm³/mol. The molecule has 0 aromatic rings. The Morgan fingerprint density at radius 1 is 1.30 bits per heavy atom. The van der Waals surface area contributed by atoms with Crippen molar-refractivity contribution in [2.24, 2.45) is 5.41 Å². The molecular formula is C15H26N4O4. The molecule has 0 aliphatic carbocycles. The molecule has 0 bridgehead atoms. The van der Waals surface area contributed by atoms with E-state index in [1.165, 1.54) is 0 Å². The lowest BCUT2D eigenvalue weighted by atomic mass is 9.79. The number of rotatable bonds is 6. The van der Waals surface area contributed by atoms with Crippen LogP contribution in [0.2, 0.25) is 0 Å². The molecule has 0 aromatic carbocycles. The molecule has 0 radical (unpaired) electrons. The van der Waals surface area contributed by atoms with Gasteiger partial charge in [0.2, 0.25) is 5.91 Å². The molecule has 2 rings (SSSR count). The number of hydrogen-bond donors (Lipinski definition) is 3. The van der Waals surface area contributed by atoms with Gasteiger partial charge in [0.05, 0.1) is 6.61 Å². The fourth-order valence-corrected chi connectivity index (χ4v) is 3.08. The normalized spacial score (nSPS) is 22.8. The number of amides is 4. The zero-order chi connectivity index (χ0) is 17.1. The van der Waals surface area contributed by atoms with Gasteiger partial charge in [-0.05, 0) is 39.8 Å². The molecule has 130 valence electrons. The molecule has 8 heteroatoms. The van der Waals surface area contributed by atoms with Crippen LogP contribution in [0.15, 0.2) is 0 Å². The smallest absolute Gasteiger partial charge is 0.325 e. The Kier molecular flexibility index (Phi) is 5.26. The first-order chi connectivity index (χ1) is 10.8. The molecule has 0 unspecified atom stereocenters. The first-order valence-electron chi connectivity index (χ1n) is 7.90. The van der Waals surface area contributed by atoms with Crippen LogP contribution in [0.25, 0.3) is 0 Å². The van der Waals surface area contributed by atoms with E-state index in [1.807, 2.05) is 0 Å². The fraction of sp³-hybridized carbons (Fsp3) is 0.800. The molecule has 4 amide bonds. The largest absolute Gasteiger partial charge is 0.384 e. The molecule has 2 aliphatic heterocycles. The Balaban J connectivity index is 1.89. The third-order valence-electron chi connectivity index (χ3n) is 4.52. The van der Waals surface area contributed by atoms with E-state index in [0.29, 0.717) is 13.2 Å². The Labute approximate surface area is 136 Å². The summed E-state index contributed by atoms with van der Waals surface area (Å²) in [7, 11) is 1.65. The van der Waals surface area contributed by atoms with E-state index >= 15 is 0 Å². The van der Waals surface area contributed by atoms with E-state index in [9.17, 15) is 14.4 Å². The maximum absolute atomic E-state index is 12.1. The number of imide groups is 1. The Bertz CT molecular complexity index is 480. The second kappa shape index (κ2) is 6.84. The van der Waals surface area contributed by atoms with Gasteiger partial charge in [0, 0.05) is 19.1 Å². The summed E-state index contributed by atoms with van der Waals surface area (Å²) in [5.41, 5.74) is -1.05. The molecule has 2 fully saturated rings. The van der Waals surface area contributed by atoms with Crippen LogP contribution in [0.3, 0.4) is 0 Å². The van der Waals surface area contributed by atoms with E-state index in [2.05, 4.69) is 16.0 Å². The second-order valence-electron chi connectivity index (χ2n) is 6.91. The lowest BCUT2D eigenvalue weighted by Crippen LogP contribution is -2.49. The van der Waals surface area contributed by atoms with Gasteiger partial charge in [-0.15, -0.1) is 0 Å². The number of urea groups is 1. The second-order valence-corrected chi connectivity index (χ2v) is 6.91. The maximum Gasteiger partial charge on any atom is 0.325 e. The van der Waals surface area contributed by atoms with Crippen molar-refractivity contribution in [1.29, 1.82) is 0 Å². The number of hydrogen-bond acceptors (Lipinski definition) is 5. The highest BCUT2D eigenvalue weighted by Gasteiger charge is 2.45. The van der Waals surface area contributed by atoms with E-state index in [-0.39, 0.29) is 23.8 Å². The lowest BCUT2D eigenvalue weighted by Gasteiger charge is -2.37. The van der Waals surface area contributed by atoms with E-state index in [4.69, 9.17) is 4.74 Å². The molecule has 2 saturated heterocycles. The summed E-state index contributed by atoms with van der Waals surface area (Å²) < 4.78 is 5.30. The van der Waals surface area contributed by atoms with Crippen LogP contribution in [0.4, 0.5) is 4.79 Å². The molecule has 2 heterocycles. The number of ether oxygens (including phenoxy) is 1. The molecule has 3 N–H and O–H groups in total. The fourth-order valence-electron chi connectivity index (χ4n) is 3.08. The van der Waals surface area contributed by atoms with Crippen LogP contribution >= 0.6 is 0 Å². The molecule has 2 aliphatic rings. The van der Waals surface area contributed by atoms with Gasteiger partial charge in [-0.3, -0.25) is 14.5 Å². The zero-order valence-corrected chi connectivity index (χ0v) is 14.0. The quantitative estimate of drug-likeness (QED) is 0.569. The van der Waals surface area contributed by atoms with Gasteiger partial charge in [-0.1, -0.05) is 0 Å². The van der Waals surface area contributed by atoms with E-state index in [0.717, 1.165) is 30.8 Å². The third kappa shape index (κ3) is 4.00. The summed E-state index contributed by atoms with van der Waals surface area (Å²) in [5.74, 6) is -0.716. The molecule has 8 nitrogen and oxygen atoms in total. The van der Waals surface area contributed by atoms with Crippen molar-refractivity contribution in [2.75, 3.05) is 39.9 Å². The van der Waals surface area contributed by atoms with Crippen molar-refractivity contribution < 1.29 is 19.1 Å². The molecule has 23 heavy (non-hydrogen) atoms. The first kappa shape index (κ1) is 17.7. The molecule has 0 saturated carbocycles. The van der Waals surface area contributed by atoms with Crippen LogP contribution in [0.5, 0.6) is 0 Å². The van der Waals surface area contributed by atoms with Crippen LogP contribution in [-0.4, -0.2) is 68.2 Å². The van der Waals surface area contributed by atoms with Gasteiger partial charge >= 0.3 is 6.03 Å². The van der Waals surface area contributed by atoms with Gasteiger partial charge in [0.1, 0.15) is 12.1 Å².